The van der Waals surface area contributed by atoms with E-state index >= 15 is 0 Å². The number of carboxylic acid groups (broad SMARTS) is 2. The molecule has 1 fully saturated rings. The van der Waals surface area contributed by atoms with Gasteiger partial charge in [-0.25, -0.2) is 19.1 Å². The van der Waals surface area contributed by atoms with E-state index in [4.69, 9.17) is 32.0 Å². The van der Waals surface area contributed by atoms with Crippen LogP contribution in [-0.4, -0.2) is 95.9 Å². The first kappa shape index (κ1) is 28.1. The zero-order chi connectivity index (χ0) is 27.1. The van der Waals surface area contributed by atoms with Crippen LogP contribution >= 0.6 is 11.6 Å². The molecule has 1 aliphatic heterocycles. The quantitative estimate of drug-likeness (QED) is 0.322. The van der Waals surface area contributed by atoms with Gasteiger partial charge in [-0.15, -0.1) is 5.10 Å². The number of hydrogen-bond donors (Lipinski definition) is 4. The van der Waals surface area contributed by atoms with Crippen molar-refractivity contribution in [3.8, 4) is 0 Å². The third-order valence-electron chi connectivity index (χ3n) is 6.05. The van der Waals surface area contributed by atoms with Crippen molar-refractivity contribution in [1.29, 1.82) is 0 Å². The number of aliphatic hydroxyl groups excluding tert-OH is 2. The number of aliphatic hydroxyl groups is 2. The number of carboxylic acids is 2. The summed E-state index contributed by atoms with van der Waals surface area (Å²) in [6.07, 6.45) is -1.86. The van der Waals surface area contributed by atoms with Gasteiger partial charge < -0.3 is 25.3 Å². The second-order valence-corrected chi connectivity index (χ2v) is 9.10. The Bertz CT molecular complexity index is 1260. The van der Waals surface area contributed by atoms with Gasteiger partial charge >= 0.3 is 17.6 Å². The van der Waals surface area contributed by atoms with Crippen molar-refractivity contribution in [3.05, 3.63) is 64.2 Å². The van der Waals surface area contributed by atoms with Gasteiger partial charge in [0.2, 0.25) is 0 Å². The largest absolute Gasteiger partial charge is 0.479 e. The molecule has 0 bridgehead atoms. The number of nitrogens with zero attached hydrogens (tertiary/aromatic N) is 5. The number of halogens is 1. The van der Waals surface area contributed by atoms with Crippen LogP contribution in [0, 0.1) is 0 Å². The fourth-order valence-electron chi connectivity index (χ4n) is 4.04. The highest BCUT2D eigenvalue weighted by atomic mass is 35.5. The predicted molar refractivity (Wildman–Crippen MR) is 136 cm³/mol. The molecule has 13 heteroatoms. The van der Waals surface area contributed by atoms with Gasteiger partial charge in [0.25, 0.3) is 0 Å². The Hall–Kier alpha value is -3.45. The number of aromatic nitrogens is 3. The molecule has 0 amide bonds. The Kier molecular flexibility index (Phi) is 9.64. The highest BCUT2D eigenvalue weighted by Gasteiger charge is 2.29. The number of aliphatic carboxylic acids is 2. The molecule has 4 N–H and O–H groups in total. The Morgan fingerprint density at radius 1 is 1.05 bits per heavy atom. The molecule has 0 saturated carbocycles. The summed E-state index contributed by atoms with van der Waals surface area (Å²) in [4.78, 5) is 36.8. The number of fused-ring (bicyclic) bond motifs is 1. The van der Waals surface area contributed by atoms with Crippen LogP contribution < -0.4 is 10.6 Å². The van der Waals surface area contributed by atoms with Crippen molar-refractivity contribution in [2.45, 2.75) is 38.1 Å². The monoisotopic (exact) mass is 535 g/mol. The van der Waals surface area contributed by atoms with Crippen LogP contribution in [0.1, 0.15) is 13.3 Å². The zero-order valence-corrected chi connectivity index (χ0v) is 21.0. The number of aryl methyl sites for hydroxylation is 1. The Balaban J connectivity index is 0.000000325. The number of carbonyl (C=O) groups is 2. The van der Waals surface area contributed by atoms with Gasteiger partial charge in [-0.2, -0.15) is 0 Å². The van der Waals surface area contributed by atoms with E-state index in [2.05, 4.69) is 27.9 Å². The van der Waals surface area contributed by atoms with E-state index in [1.165, 1.54) is 5.69 Å². The summed E-state index contributed by atoms with van der Waals surface area (Å²) >= 11 is 6.13. The first-order chi connectivity index (χ1) is 17.6. The van der Waals surface area contributed by atoms with Gasteiger partial charge in [0, 0.05) is 55.7 Å². The van der Waals surface area contributed by atoms with E-state index in [1.807, 2.05) is 36.4 Å². The number of benzene rings is 1. The molecule has 3 aromatic rings. The van der Waals surface area contributed by atoms with Crippen molar-refractivity contribution in [1.82, 2.24) is 19.1 Å². The Morgan fingerprint density at radius 2 is 1.76 bits per heavy atom. The smallest absolute Gasteiger partial charge is 0.350 e. The van der Waals surface area contributed by atoms with Crippen LogP contribution in [0.3, 0.4) is 0 Å². The SMILES string of the molecule is C[C@H]1CN(c2cccc(Cl)c2)CCN1CCCn1nc2ccccn2c1=O.O=C(O)C(O)[C@H](O)C(=O)O. The molecule has 1 aliphatic rings. The van der Waals surface area contributed by atoms with E-state index in [9.17, 15) is 14.4 Å². The standard InChI is InChI=1S/C20H24ClN5O.C4H6O6/c1-16-15-24(18-7-4-6-17(21)14-18)13-12-23(16)9-5-11-26-20(27)25-10-3-2-8-19(25)22-26;5-1(3(7)8)2(6)4(9)10/h2-4,6-8,10,14,16H,5,9,11-13,15H2,1H3;1-2,5-6H,(H,7,8)(H,9,10)/t16-;1-,2?/m00/s1. The molecule has 0 aliphatic carbocycles. The number of pyridine rings is 1. The summed E-state index contributed by atoms with van der Waals surface area (Å²) in [5, 5.41) is 37.7. The summed E-state index contributed by atoms with van der Waals surface area (Å²) in [6, 6.07) is 14.1. The van der Waals surface area contributed by atoms with E-state index in [0.717, 1.165) is 37.6 Å². The van der Waals surface area contributed by atoms with E-state index in [-0.39, 0.29) is 5.69 Å². The molecular formula is C24H30ClN5O7. The van der Waals surface area contributed by atoms with Gasteiger partial charge in [0.1, 0.15) is 0 Å². The molecule has 1 unspecified atom stereocenters. The predicted octanol–water partition coefficient (Wildman–Crippen LogP) is 0.628. The van der Waals surface area contributed by atoms with Gasteiger partial charge in [-0.3, -0.25) is 9.30 Å². The molecule has 2 aromatic heterocycles. The topological polar surface area (TPSA) is 161 Å². The number of piperazine rings is 1. The minimum absolute atomic E-state index is 0.0653. The third kappa shape index (κ3) is 7.29. The second-order valence-electron chi connectivity index (χ2n) is 8.67. The van der Waals surface area contributed by atoms with Crippen LogP contribution in [-0.2, 0) is 16.1 Å². The average Bonchev–Trinajstić information content (AvgIpc) is 3.19. The zero-order valence-electron chi connectivity index (χ0n) is 20.2. The summed E-state index contributed by atoms with van der Waals surface area (Å²) in [5.41, 5.74) is 1.82. The normalized spacial score (nSPS) is 17.6. The highest BCUT2D eigenvalue weighted by molar-refractivity contribution is 6.30. The van der Waals surface area contributed by atoms with Crippen molar-refractivity contribution >= 4 is 34.9 Å². The van der Waals surface area contributed by atoms with E-state index in [0.29, 0.717) is 18.2 Å². The maximum atomic E-state index is 12.3. The number of anilines is 1. The molecule has 3 heterocycles. The maximum absolute atomic E-state index is 12.3. The Labute approximate surface area is 217 Å². The molecule has 200 valence electrons. The molecule has 4 rings (SSSR count). The van der Waals surface area contributed by atoms with E-state index < -0.39 is 24.1 Å². The van der Waals surface area contributed by atoms with Crippen molar-refractivity contribution < 1.29 is 30.0 Å². The van der Waals surface area contributed by atoms with Crippen molar-refractivity contribution in [2.24, 2.45) is 0 Å². The number of hydrogen-bond acceptors (Lipinski definition) is 8. The summed E-state index contributed by atoms with van der Waals surface area (Å²) < 4.78 is 3.16. The molecule has 0 radical (unpaired) electrons. The fourth-order valence-corrected chi connectivity index (χ4v) is 4.23. The summed E-state index contributed by atoms with van der Waals surface area (Å²) in [7, 11) is 0. The lowest BCUT2D eigenvalue weighted by atomic mass is 10.1. The third-order valence-corrected chi connectivity index (χ3v) is 6.28. The summed E-state index contributed by atoms with van der Waals surface area (Å²) in [5.74, 6) is -3.54. The van der Waals surface area contributed by atoms with Crippen LogP contribution in [0.2, 0.25) is 5.02 Å². The van der Waals surface area contributed by atoms with Gasteiger partial charge in [-0.05, 0) is 43.7 Å². The molecule has 12 nitrogen and oxygen atoms in total. The van der Waals surface area contributed by atoms with Gasteiger partial charge in [0.15, 0.2) is 17.9 Å². The van der Waals surface area contributed by atoms with Crippen molar-refractivity contribution in [3.63, 3.8) is 0 Å². The van der Waals surface area contributed by atoms with Crippen LogP contribution in [0.25, 0.3) is 5.65 Å². The molecule has 37 heavy (non-hydrogen) atoms. The van der Waals surface area contributed by atoms with Crippen LogP contribution in [0.15, 0.2) is 53.5 Å². The average molecular weight is 536 g/mol. The molecule has 1 saturated heterocycles. The number of rotatable bonds is 8. The van der Waals surface area contributed by atoms with Gasteiger partial charge in [-0.1, -0.05) is 23.7 Å². The maximum Gasteiger partial charge on any atom is 0.350 e. The Morgan fingerprint density at radius 3 is 2.35 bits per heavy atom. The molecule has 1 aromatic carbocycles. The summed E-state index contributed by atoms with van der Waals surface area (Å²) in [6.45, 7) is 6.84. The first-order valence-corrected chi connectivity index (χ1v) is 12.1. The van der Waals surface area contributed by atoms with Crippen LogP contribution in [0.5, 0.6) is 0 Å². The van der Waals surface area contributed by atoms with Crippen molar-refractivity contribution in [2.75, 3.05) is 31.1 Å². The van der Waals surface area contributed by atoms with E-state index in [1.54, 1.807) is 15.3 Å². The lowest BCUT2D eigenvalue weighted by molar-refractivity contribution is -0.165. The molecule has 3 atom stereocenters. The first-order valence-electron chi connectivity index (χ1n) is 11.7. The molecular weight excluding hydrogens is 506 g/mol. The van der Waals surface area contributed by atoms with Crippen LogP contribution in [0.4, 0.5) is 5.69 Å². The second kappa shape index (κ2) is 12.7. The molecule has 0 spiro atoms. The lowest BCUT2D eigenvalue weighted by Crippen LogP contribution is -2.52. The minimum Gasteiger partial charge on any atom is -0.479 e. The highest BCUT2D eigenvalue weighted by Crippen LogP contribution is 2.22. The fraction of sp³-hybridized carbons (Fsp3) is 0.417. The minimum atomic E-state index is -2.27. The van der Waals surface area contributed by atoms with Gasteiger partial charge in [0.05, 0.1) is 0 Å². The lowest BCUT2D eigenvalue weighted by Gasteiger charge is -2.41.